The maximum absolute atomic E-state index is 15.7. The SMILES string of the molecule is BC1(B)NC(=O)N([C@H](COC2CC2)c2cnn3cc([C@@H](N)C4CCC(F)(F)CC4)nc3c2)C(B)(B)C1(F)F. The summed E-state index contributed by atoms with van der Waals surface area (Å²) in [6.07, 6.45) is 5.23. The van der Waals surface area contributed by atoms with Gasteiger partial charge < -0.3 is 20.7 Å². The van der Waals surface area contributed by atoms with E-state index < -0.39 is 40.6 Å². The molecular weight excluding hydrogens is 500 g/mol. The monoisotopic (exact) mass is 532 g/mol. The fraction of sp³-hybridized carbons (Fsp3) is 0.682. The molecule has 2 atom stereocenters. The maximum Gasteiger partial charge on any atom is 0.316 e. The molecule has 2 aliphatic carbocycles. The van der Waals surface area contributed by atoms with E-state index in [1.807, 2.05) is 0 Å². The van der Waals surface area contributed by atoms with Gasteiger partial charge in [0.2, 0.25) is 5.92 Å². The second-order valence-corrected chi connectivity index (χ2v) is 12.1. The van der Waals surface area contributed by atoms with Crippen molar-refractivity contribution in [1.29, 1.82) is 0 Å². The Balaban J connectivity index is 1.46. The lowest BCUT2D eigenvalue weighted by Crippen LogP contribution is -2.83. The first kappa shape index (κ1) is 27.4. The van der Waals surface area contributed by atoms with Gasteiger partial charge in [-0.3, -0.25) is 0 Å². The quantitative estimate of drug-likeness (QED) is 0.363. The zero-order valence-corrected chi connectivity index (χ0v) is 22.2. The van der Waals surface area contributed by atoms with Crippen LogP contribution in [0.1, 0.15) is 61.9 Å². The zero-order valence-electron chi connectivity index (χ0n) is 22.2. The van der Waals surface area contributed by atoms with E-state index in [1.165, 1.54) is 42.1 Å². The number of urea groups is 1. The molecule has 2 aromatic rings. The van der Waals surface area contributed by atoms with E-state index in [2.05, 4.69) is 15.4 Å². The first-order chi connectivity index (χ1) is 17.6. The standard InChI is InChI=1S/C22H32B4F4N6O2/c23-21(24)20(29,30)22(25,26)36(18(37)34-21)15(10-38-13-1-2-13)12-7-16-33-14(9-35(16)32-8-12)17(31)11-3-5-19(27,28)6-4-11/h7-9,11,13,15,17H,1-6,10,23-26,31H2,(H,34,37)/t15-,17+/m1/s1. The molecule has 3 aliphatic rings. The van der Waals surface area contributed by atoms with Gasteiger partial charge in [-0.15, -0.1) is 0 Å². The van der Waals surface area contributed by atoms with Crippen LogP contribution in [0.3, 0.4) is 0 Å². The summed E-state index contributed by atoms with van der Waals surface area (Å²) in [6, 6.07) is -0.298. The highest BCUT2D eigenvalue weighted by Gasteiger charge is 2.65. The van der Waals surface area contributed by atoms with E-state index in [0.29, 0.717) is 29.7 Å². The van der Waals surface area contributed by atoms with Crippen molar-refractivity contribution in [2.75, 3.05) is 6.61 Å². The number of hydrogen-bond acceptors (Lipinski definition) is 5. The first-order valence-electron chi connectivity index (χ1n) is 13.2. The highest BCUT2D eigenvalue weighted by atomic mass is 19.3. The molecule has 1 aliphatic heterocycles. The van der Waals surface area contributed by atoms with Gasteiger partial charge in [-0.2, -0.15) is 5.10 Å². The van der Waals surface area contributed by atoms with Crippen molar-refractivity contribution in [3.05, 3.63) is 29.7 Å². The molecule has 0 unspecified atom stereocenters. The van der Waals surface area contributed by atoms with Crippen LogP contribution in [0.25, 0.3) is 5.65 Å². The number of fused-ring (bicyclic) bond motifs is 1. The Morgan fingerprint density at radius 1 is 1.13 bits per heavy atom. The molecule has 2 saturated carbocycles. The van der Waals surface area contributed by atoms with Crippen molar-refractivity contribution in [3.8, 4) is 0 Å². The molecule has 1 saturated heterocycles. The molecule has 2 aromatic heterocycles. The Morgan fingerprint density at radius 2 is 1.79 bits per heavy atom. The molecule has 5 rings (SSSR count). The van der Waals surface area contributed by atoms with Crippen LogP contribution in [-0.4, -0.2) is 92.1 Å². The average Bonchev–Trinajstić information content (AvgIpc) is 3.55. The molecule has 2 amide bonds. The second kappa shape index (κ2) is 9.18. The number of alkyl halides is 4. The summed E-state index contributed by atoms with van der Waals surface area (Å²) in [5.41, 5.74) is 7.87. The van der Waals surface area contributed by atoms with E-state index in [9.17, 15) is 13.6 Å². The predicted octanol–water partition coefficient (Wildman–Crippen LogP) is -0.725. The number of amides is 2. The Hall–Kier alpha value is -2.21. The lowest BCUT2D eigenvalue weighted by molar-refractivity contribution is -0.109. The van der Waals surface area contributed by atoms with E-state index >= 15 is 8.78 Å². The van der Waals surface area contributed by atoms with Crippen LogP contribution < -0.4 is 11.1 Å². The number of halogens is 4. The predicted molar refractivity (Wildman–Crippen MR) is 143 cm³/mol. The minimum absolute atomic E-state index is 0.0270. The van der Waals surface area contributed by atoms with Crippen molar-refractivity contribution < 1.29 is 27.1 Å². The van der Waals surface area contributed by atoms with Gasteiger partial charge in [0.1, 0.15) is 31.4 Å². The molecule has 0 bridgehead atoms. The van der Waals surface area contributed by atoms with Gasteiger partial charge in [-0.1, -0.05) is 0 Å². The Morgan fingerprint density at radius 3 is 2.42 bits per heavy atom. The Bertz CT molecular complexity index is 1220. The Kier molecular flexibility index (Phi) is 6.61. The van der Waals surface area contributed by atoms with Crippen molar-refractivity contribution >= 4 is 43.1 Å². The second-order valence-electron chi connectivity index (χ2n) is 12.1. The zero-order chi connectivity index (χ0) is 27.7. The number of hydrogen-bond donors (Lipinski definition) is 2. The van der Waals surface area contributed by atoms with E-state index in [1.54, 1.807) is 12.3 Å². The minimum atomic E-state index is -3.27. The highest BCUT2D eigenvalue weighted by molar-refractivity contribution is 6.48. The molecular formula is C22H32B4F4N6O2. The van der Waals surface area contributed by atoms with E-state index in [-0.39, 0.29) is 31.5 Å². The topological polar surface area (TPSA) is 97.8 Å². The van der Waals surface area contributed by atoms with Gasteiger partial charge in [0.05, 0.1) is 42.9 Å². The molecule has 8 nitrogen and oxygen atoms in total. The van der Waals surface area contributed by atoms with Gasteiger partial charge in [0, 0.05) is 29.1 Å². The normalized spacial score (nSPS) is 26.1. The number of nitrogens with two attached hydrogens (primary N) is 1. The molecule has 16 heteroatoms. The number of ether oxygens (including phenoxy) is 1. The number of nitrogens with zero attached hydrogens (tertiary/aromatic N) is 4. The third-order valence-corrected chi connectivity index (χ3v) is 8.48. The van der Waals surface area contributed by atoms with Gasteiger partial charge in [0.15, 0.2) is 5.65 Å². The van der Waals surface area contributed by atoms with Gasteiger partial charge >= 0.3 is 6.03 Å². The fourth-order valence-electron chi connectivity index (χ4n) is 5.80. The van der Waals surface area contributed by atoms with Crippen LogP contribution in [0.2, 0.25) is 0 Å². The summed E-state index contributed by atoms with van der Waals surface area (Å²) < 4.78 is 66.0. The Labute approximate surface area is 222 Å². The third-order valence-electron chi connectivity index (χ3n) is 8.48. The highest BCUT2D eigenvalue weighted by Crippen LogP contribution is 2.44. The van der Waals surface area contributed by atoms with Crippen LogP contribution >= 0.6 is 0 Å². The lowest BCUT2D eigenvalue weighted by Gasteiger charge is -2.57. The van der Waals surface area contributed by atoms with Crippen LogP contribution in [-0.2, 0) is 4.74 Å². The van der Waals surface area contributed by atoms with Crippen molar-refractivity contribution in [3.63, 3.8) is 0 Å². The smallest absolute Gasteiger partial charge is 0.316 e. The van der Waals surface area contributed by atoms with Crippen LogP contribution in [0.5, 0.6) is 0 Å². The van der Waals surface area contributed by atoms with Crippen molar-refractivity contribution in [2.45, 2.75) is 79.2 Å². The van der Waals surface area contributed by atoms with Crippen LogP contribution in [0.15, 0.2) is 18.5 Å². The fourth-order valence-corrected chi connectivity index (χ4v) is 5.80. The first-order valence-corrected chi connectivity index (χ1v) is 13.2. The van der Waals surface area contributed by atoms with E-state index in [4.69, 9.17) is 10.5 Å². The summed E-state index contributed by atoms with van der Waals surface area (Å²) in [5, 5.41) is 3.32. The molecule has 3 heterocycles. The maximum atomic E-state index is 15.7. The third kappa shape index (κ3) is 4.71. The number of imidazole rings is 1. The number of carbonyl (C=O) groups is 1. The molecule has 0 aromatic carbocycles. The van der Waals surface area contributed by atoms with Gasteiger partial charge in [0.25, 0.3) is 5.92 Å². The largest absolute Gasteiger partial charge is 0.376 e. The van der Waals surface area contributed by atoms with Gasteiger partial charge in [-0.25, -0.2) is 31.9 Å². The van der Waals surface area contributed by atoms with Crippen LogP contribution in [0, 0.1) is 5.92 Å². The summed E-state index contributed by atoms with van der Waals surface area (Å²) in [7, 11) is 5.36. The molecule has 0 radical (unpaired) electrons. The summed E-state index contributed by atoms with van der Waals surface area (Å²) in [5.74, 6) is -6.04. The lowest BCUT2D eigenvalue weighted by atomic mass is 9.43. The molecule has 3 N–H and O–H groups in total. The minimum Gasteiger partial charge on any atom is -0.376 e. The van der Waals surface area contributed by atoms with Crippen molar-refractivity contribution in [2.24, 2.45) is 11.7 Å². The van der Waals surface area contributed by atoms with Crippen molar-refractivity contribution in [1.82, 2.24) is 24.8 Å². The number of carbonyl (C=O) groups excluding carboxylic acids is 1. The summed E-state index contributed by atoms with van der Waals surface area (Å²) in [4.78, 5) is 19.0. The number of rotatable bonds is 7. The number of aromatic nitrogens is 3. The molecule has 0 spiro atoms. The molecule has 3 fully saturated rings. The van der Waals surface area contributed by atoms with Gasteiger partial charge in [-0.05, 0) is 37.7 Å². The average molecular weight is 532 g/mol. The summed E-state index contributed by atoms with van der Waals surface area (Å²) in [6.45, 7) is 0.0270. The van der Waals surface area contributed by atoms with E-state index in [0.717, 1.165) is 17.7 Å². The molecule has 38 heavy (non-hydrogen) atoms. The van der Waals surface area contributed by atoms with Crippen LogP contribution in [0.4, 0.5) is 22.4 Å². The number of nitrogens with one attached hydrogen (secondary N) is 1. The summed E-state index contributed by atoms with van der Waals surface area (Å²) >= 11 is 0. The molecule has 202 valence electrons.